The number of anilines is 1. The van der Waals surface area contributed by atoms with Gasteiger partial charge in [-0.2, -0.15) is 0 Å². The quantitative estimate of drug-likeness (QED) is 0.381. The zero-order valence-electron chi connectivity index (χ0n) is 15.8. The molecular weight excluding hydrogens is 340 g/mol. The third-order valence-electron chi connectivity index (χ3n) is 4.84. The van der Waals surface area contributed by atoms with E-state index in [1.165, 1.54) is 6.07 Å². The lowest BCUT2D eigenvalue weighted by Gasteiger charge is -2.21. The average Bonchev–Trinajstić information content (AvgIpc) is 2.68. The highest BCUT2D eigenvalue weighted by Crippen LogP contribution is 2.33. The molecule has 138 valence electrons. The van der Waals surface area contributed by atoms with Crippen molar-refractivity contribution in [2.24, 2.45) is 0 Å². The van der Waals surface area contributed by atoms with Crippen LogP contribution in [0.15, 0.2) is 51.7 Å². The summed E-state index contributed by atoms with van der Waals surface area (Å²) in [5, 5.41) is 1.37. The fourth-order valence-electron chi connectivity index (χ4n) is 3.48. The molecule has 0 N–H and O–H groups in total. The van der Waals surface area contributed by atoms with Gasteiger partial charge in [-0.25, -0.2) is 4.98 Å². The molecule has 1 aliphatic carbocycles. The first-order chi connectivity index (χ1) is 13.1. The topological polar surface area (TPSA) is 55.6 Å². The van der Waals surface area contributed by atoms with Crippen LogP contribution in [0.1, 0.15) is 20.8 Å². The molecule has 0 fully saturated rings. The van der Waals surface area contributed by atoms with Crippen LogP contribution in [0.3, 0.4) is 0 Å². The molecule has 0 saturated carbocycles. The zero-order valence-corrected chi connectivity index (χ0v) is 15.8. The first-order valence-electron chi connectivity index (χ1n) is 9.33. The number of benzene rings is 3. The van der Waals surface area contributed by atoms with E-state index in [0.717, 1.165) is 35.4 Å². The van der Waals surface area contributed by atoms with Crippen LogP contribution < -0.4 is 15.1 Å². The van der Waals surface area contributed by atoms with E-state index in [1.54, 1.807) is 6.07 Å². The third-order valence-corrected chi connectivity index (χ3v) is 4.84. The maximum absolute atomic E-state index is 12.5. The van der Waals surface area contributed by atoms with E-state index >= 15 is 0 Å². The normalized spacial score (nSPS) is 11.4. The molecular formula is C22H22N2O3. The number of rotatable bonds is 5. The van der Waals surface area contributed by atoms with E-state index in [4.69, 9.17) is 14.1 Å². The van der Waals surface area contributed by atoms with E-state index in [1.807, 2.05) is 31.2 Å². The van der Waals surface area contributed by atoms with Gasteiger partial charge in [0.1, 0.15) is 17.0 Å². The molecule has 2 aromatic carbocycles. The van der Waals surface area contributed by atoms with Gasteiger partial charge in [-0.1, -0.05) is 0 Å². The molecule has 0 unspecified atom stereocenters. The van der Waals surface area contributed by atoms with E-state index in [0.29, 0.717) is 29.0 Å². The van der Waals surface area contributed by atoms with Gasteiger partial charge in [0, 0.05) is 41.7 Å². The van der Waals surface area contributed by atoms with E-state index < -0.39 is 0 Å². The molecule has 0 bridgehead atoms. The van der Waals surface area contributed by atoms with Gasteiger partial charge in [0.25, 0.3) is 0 Å². The van der Waals surface area contributed by atoms with Crippen molar-refractivity contribution in [3.63, 3.8) is 0 Å². The SMILES string of the molecule is CCOc1ccc2c(=O)cc3oc4cc(N(CC)CC)ccc4nc-3c2c1. The summed E-state index contributed by atoms with van der Waals surface area (Å²) in [6.45, 7) is 8.57. The highest BCUT2D eigenvalue weighted by molar-refractivity contribution is 5.97. The molecule has 5 heteroatoms. The molecule has 0 saturated heterocycles. The Morgan fingerprint density at radius 2 is 1.81 bits per heavy atom. The van der Waals surface area contributed by atoms with Crippen molar-refractivity contribution in [1.82, 2.24) is 4.98 Å². The maximum atomic E-state index is 12.5. The Morgan fingerprint density at radius 1 is 1.00 bits per heavy atom. The smallest absolute Gasteiger partial charge is 0.190 e. The van der Waals surface area contributed by atoms with Crippen molar-refractivity contribution in [3.05, 3.63) is 52.7 Å². The van der Waals surface area contributed by atoms with Crippen molar-refractivity contribution in [2.45, 2.75) is 20.8 Å². The lowest BCUT2D eigenvalue weighted by atomic mass is 10.0. The van der Waals surface area contributed by atoms with Crippen LogP contribution in [0.2, 0.25) is 0 Å². The van der Waals surface area contributed by atoms with Crippen LogP contribution in [0, 0.1) is 0 Å². The molecule has 1 heterocycles. The Labute approximate surface area is 157 Å². The molecule has 0 aromatic heterocycles. The van der Waals surface area contributed by atoms with Gasteiger partial charge in [-0.05, 0) is 51.1 Å². The number of fused-ring (bicyclic) bond motifs is 4. The molecule has 1 aliphatic heterocycles. The largest absolute Gasteiger partial charge is 0.494 e. The number of ether oxygens (including phenoxy) is 1. The van der Waals surface area contributed by atoms with Crippen LogP contribution in [-0.4, -0.2) is 24.7 Å². The Morgan fingerprint density at radius 3 is 2.56 bits per heavy atom. The summed E-state index contributed by atoms with van der Waals surface area (Å²) in [6.07, 6.45) is 0. The van der Waals surface area contributed by atoms with Gasteiger partial charge >= 0.3 is 0 Å². The molecule has 27 heavy (non-hydrogen) atoms. The number of hydrogen-bond donors (Lipinski definition) is 0. The molecule has 2 aromatic rings. The average molecular weight is 362 g/mol. The van der Waals surface area contributed by atoms with Crippen molar-refractivity contribution < 1.29 is 9.15 Å². The zero-order chi connectivity index (χ0) is 19.0. The first-order valence-corrected chi connectivity index (χ1v) is 9.33. The van der Waals surface area contributed by atoms with Crippen molar-refractivity contribution in [3.8, 4) is 17.2 Å². The molecule has 4 rings (SSSR count). The Balaban J connectivity index is 1.98. The van der Waals surface area contributed by atoms with Crippen LogP contribution in [0.5, 0.6) is 5.75 Å². The lowest BCUT2D eigenvalue weighted by molar-refractivity contribution is 0.341. The number of aromatic nitrogens is 1. The Kier molecular flexibility index (Phi) is 4.44. The summed E-state index contributed by atoms with van der Waals surface area (Å²) in [5.74, 6) is 1.21. The van der Waals surface area contributed by atoms with Crippen molar-refractivity contribution in [1.29, 1.82) is 0 Å². The standard InChI is InChI=1S/C22H22N2O3/c1-4-24(5-2)14-7-10-18-20(11-14)27-21-13-19(25)16-9-8-15(26-6-3)12-17(16)22(21)23-18/h7-13H,4-6H2,1-3H3. The van der Waals surface area contributed by atoms with E-state index in [9.17, 15) is 4.79 Å². The van der Waals surface area contributed by atoms with Crippen LogP contribution >= 0.6 is 0 Å². The summed E-state index contributed by atoms with van der Waals surface area (Å²) in [4.78, 5) is 19.6. The van der Waals surface area contributed by atoms with Gasteiger partial charge in [0.05, 0.1) is 6.61 Å². The number of hydrogen-bond acceptors (Lipinski definition) is 5. The fraction of sp³-hybridized carbons (Fsp3) is 0.273. The molecule has 0 atom stereocenters. The summed E-state index contributed by atoms with van der Waals surface area (Å²) >= 11 is 0. The fourth-order valence-corrected chi connectivity index (χ4v) is 3.48. The molecule has 0 spiro atoms. The minimum atomic E-state index is -0.0784. The van der Waals surface area contributed by atoms with Gasteiger partial charge in [-0.15, -0.1) is 0 Å². The lowest BCUT2D eigenvalue weighted by Crippen LogP contribution is -2.21. The van der Waals surface area contributed by atoms with Gasteiger partial charge in [-0.3, -0.25) is 4.79 Å². The van der Waals surface area contributed by atoms with Crippen LogP contribution in [0.25, 0.3) is 33.3 Å². The third kappa shape index (κ3) is 2.99. The van der Waals surface area contributed by atoms with Gasteiger partial charge in [0.2, 0.25) is 0 Å². The summed E-state index contributed by atoms with van der Waals surface area (Å²) in [5.41, 5.74) is 3.12. The van der Waals surface area contributed by atoms with Gasteiger partial charge in [0.15, 0.2) is 16.8 Å². The van der Waals surface area contributed by atoms with E-state index in [-0.39, 0.29) is 5.43 Å². The molecule has 5 nitrogen and oxygen atoms in total. The molecule has 0 radical (unpaired) electrons. The second kappa shape index (κ2) is 6.91. The van der Waals surface area contributed by atoms with Crippen LogP contribution in [-0.2, 0) is 0 Å². The number of nitrogens with zero attached hydrogens (tertiary/aromatic N) is 2. The first kappa shape index (κ1) is 17.3. The highest BCUT2D eigenvalue weighted by Gasteiger charge is 2.17. The minimum absolute atomic E-state index is 0.0784. The summed E-state index contributed by atoms with van der Waals surface area (Å²) in [7, 11) is 0. The summed E-state index contributed by atoms with van der Waals surface area (Å²) in [6, 6.07) is 13.0. The Bertz CT molecular complexity index is 1150. The second-order valence-corrected chi connectivity index (χ2v) is 6.40. The Hall–Kier alpha value is -3.08. The predicted molar refractivity (Wildman–Crippen MR) is 109 cm³/mol. The van der Waals surface area contributed by atoms with Crippen molar-refractivity contribution in [2.75, 3.05) is 24.6 Å². The summed E-state index contributed by atoms with van der Waals surface area (Å²) < 4.78 is 11.7. The van der Waals surface area contributed by atoms with Gasteiger partial charge < -0.3 is 14.1 Å². The maximum Gasteiger partial charge on any atom is 0.190 e. The highest BCUT2D eigenvalue weighted by atomic mass is 16.5. The monoisotopic (exact) mass is 362 g/mol. The minimum Gasteiger partial charge on any atom is -0.494 e. The molecule has 2 aliphatic rings. The van der Waals surface area contributed by atoms with E-state index in [2.05, 4.69) is 24.8 Å². The van der Waals surface area contributed by atoms with Crippen molar-refractivity contribution >= 4 is 27.6 Å². The van der Waals surface area contributed by atoms with Crippen LogP contribution in [0.4, 0.5) is 5.69 Å². The molecule has 0 amide bonds. The second-order valence-electron chi connectivity index (χ2n) is 6.40. The predicted octanol–water partition coefficient (Wildman–Crippen LogP) is 4.69.